The van der Waals surface area contributed by atoms with Crippen LogP contribution < -0.4 is 11.1 Å². The van der Waals surface area contributed by atoms with Gasteiger partial charge >= 0.3 is 6.09 Å². The van der Waals surface area contributed by atoms with Crippen molar-refractivity contribution in [1.29, 1.82) is 0 Å². The number of nitrogens with two attached hydrogens (primary N) is 1. The highest BCUT2D eigenvalue weighted by molar-refractivity contribution is 5.90. The van der Waals surface area contributed by atoms with Crippen LogP contribution in [0.2, 0.25) is 0 Å². The van der Waals surface area contributed by atoms with Crippen molar-refractivity contribution in [3.8, 4) is 11.5 Å². The number of halogens is 1. The standard InChI is InChI=1S/C17H13FN8O2/c18-11-6-2-1-4-9(11)8-26-16-10(5-3-7-20-16)12(25-26)14-21-13(19)15(24-23-14)22-17(27)28/h1-7H,8H2,(H,22,24)(H,27,28)(H2,19,21,23). The van der Waals surface area contributed by atoms with Gasteiger partial charge in [0.05, 0.1) is 11.9 Å². The van der Waals surface area contributed by atoms with Crippen molar-refractivity contribution in [2.45, 2.75) is 6.54 Å². The summed E-state index contributed by atoms with van der Waals surface area (Å²) in [6.45, 7) is 0.155. The van der Waals surface area contributed by atoms with Gasteiger partial charge in [-0.05, 0) is 18.2 Å². The average molecular weight is 380 g/mol. The van der Waals surface area contributed by atoms with Crippen LogP contribution in [-0.4, -0.2) is 41.1 Å². The van der Waals surface area contributed by atoms with Crippen molar-refractivity contribution in [2.75, 3.05) is 11.1 Å². The van der Waals surface area contributed by atoms with Gasteiger partial charge in [0.15, 0.2) is 11.5 Å². The molecule has 10 nitrogen and oxygen atoms in total. The number of aromatic nitrogens is 6. The van der Waals surface area contributed by atoms with Crippen LogP contribution >= 0.6 is 0 Å². The van der Waals surface area contributed by atoms with Gasteiger partial charge in [-0.3, -0.25) is 5.32 Å². The smallest absolute Gasteiger partial charge is 0.410 e. The molecule has 0 saturated heterocycles. The Morgan fingerprint density at radius 2 is 2.04 bits per heavy atom. The highest BCUT2D eigenvalue weighted by atomic mass is 19.1. The number of hydrogen-bond donors (Lipinski definition) is 3. The Kier molecular flexibility index (Phi) is 4.24. The SMILES string of the molecule is Nc1nc(-c2nn(Cc3ccccc3F)c3ncccc23)nnc1NC(=O)O. The number of nitrogens with one attached hydrogen (secondary N) is 1. The molecule has 28 heavy (non-hydrogen) atoms. The fourth-order valence-corrected chi connectivity index (χ4v) is 2.70. The van der Waals surface area contributed by atoms with Crippen molar-refractivity contribution >= 4 is 28.8 Å². The molecule has 0 bridgehead atoms. The summed E-state index contributed by atoms with van der Waals surface area (Å²) in [5.41, 5.74) is 7.07. The lowest BCUT2D eigenvalue weighted by molar-refractivity contribution is 0.209. The van der Waals surface area contributed by atoms with E-state index in [2.05, 4.69) is 25.3 Å². The normalized spacial score (nSPS) is 10.9. The molecule has 0 aliphatic rings. The highest BCUT2D eigenvalue weighted by Gasteiger charge is 2.18. The molecule has 3 heterocycles. The first-order valence-electron chi connectivity index (χ1n) is 8.08. The van der Waals surface area contributed by atoms with Gasteiger partial charge in [-0.1, -0.05) is 18.2 Å². The minimum atomic E-state index is -1.33. The van der Waals surface area contributed by atoms with E-state index in [1.54, 1.807) is 36.5 Å². The first-order chi connectivity index (χ1) is 13.5. The molecule has 4 N–H and O–H groups in total. The Morgan fingerprint density at radius 1 is 1.21 bits per heavy atom. The third-order valence-corrected chi connectivity index (χ3v) is 3.94. The van der Waals surface area contributed by atoms with E-state index in [0.29, 0.717) is 22.3 Å². The summed E-state index contributed by atoms with van der Waals surface area (Å²) in [5.74, 6) is -0.578. The molecule has 0 atom stereocenters. The molecule has 3 aromatic heterocycles. The molecular weight excluding hydrogens is 367 g/mol. The molecule has 0 spiro atoms. The van der Waals surface area contributed by atoms with Gasteiger partial charge < -0.3 is 10.8 Å². The van der Waals surface area contributed by atoms with E-state index >= 15 is 0 Å². The Hall–Kier alpha value is -4.15. The number of carbonyl (C=O) groups is 1. The maximum Gasteiger partial charge on any atom is 0.410 e. The van der Waals surface area contributed by atoms with Crippen LogP contribution in [0.4, 0.5) is 20.8 Å². The summed E-state index contributed by atoms with van der Waals surface area (Å²) in [7, 11) is 0. The zero-order chi connectivity index (χ0) is 19.7. The van der Waals surface area contributed by atoms with Gasteiger partial charge in [-0.25, -0.2) is 23.8 Å². The number of fused-ring (bicyclic) bond motifs is 1. The summed E-state index contributed by atoms with van der Waals surface area (Å²) in [6.07, 6.45) is 0.262. The van der Waals surface area contributed by atoms with Crippen LogP contribution in [0.5, 0.6) is 0 Å². The Bertz CT molecular complexity index is 1190. The van der Waals surface area contributed by atoms with Crippen LogP contribution in [0.3, 0.4) is 0 Å². The second-order valence-corrected chi connectivity index (χ2v) is 5.77. The van der Waals surface area contributed by atoms with Crippen LogP contribution in [0, 0.1) is 5.82 Å². The molecule has 0 fully saturated rings. The van der Waals surface area contributed by atoms with E-state index in [1.165, 1.54) is 10.7 Å². The van der Waals surface area contributed by atoms with Gasteiger partial charge in [-0.2, -0.15) is 5.10 Å². The summed E-state index contributed by atoms with van der Waals surface area (Å²) >= 11 is 0. The Morgan fingerprint density at radius 3 is 2.79 bits per heavy atom. The lowest BCUT2D eigenvalue weighted by Crippen LogP contribution is -2.13. The lowest BCUT2D eigenvalue weighted by atomic mass is 10.2. The van der Waals surface area contributed by atoms with E-state index < -0.39 is 6.09 Å². The summed E-state index contributed by atoms with van der Waals surface area (Å²) < 4.78 is 15.6. The molecule has 1 amide bonds. The molecule has 0 radical (unpaired) electrons. The molecule has 11 heteroatoms. The van der Waals surface area contributed by atoms with Crippen molar-refractivity contribution in [3.63, 3.8) is 0 Å². The number of amides is 1. The highest BCUT2D eigenvalue weighted by Crippen LogP contribution is 2.26. The van der Waals surface area contributed by atoms with Crippen molar-refractivity contribution in [1.82, 2.24) is 29.9 Å². The van der Waals surface area contributed by atoms with Crippen LogP contribution in [-0.2, 0) is 6.54 Å². The quantitative estimate of drug-likeness (QED) is 0.488. The minimum absolute atomic E-state index is 0.0960. The first kappa shape index (κ1) is 17.3. The molecular formula is C17H13FN8O2. The van der Waals surface area contributed by atoms with Gasteiger partial charge in [0.2, 0.25) is 11.6 Å². The molecule has 0 saturated carbocycles. The van der Waals surface area contributed by atoms with E-state index in [4.69, 9.17) is 10.8 Å². The summed E-state index contributed by atoms with van der Waals surface area (Å²) in [6, 6.07) is 9.87. The average Bonchev–Trinajstić information content (AvgIpc) is 3.04. The predicted octanol–water partition coefficient (Wildman–Crippen LogP) is 2.14. The van der Waals surface area contributed by atoms with Crippen LogP contribution in [0.15, 0.2) is 42.6 Å². The lowest BCUT2D eigenvalue weighted by Gasteiger charge is -2.04. The van der Waals surface area contributed by atoms with Crippen LogP contribution in [0.1, 0.15) is 5.56 Å². The zero-order valence-electron chi connectivity index (χ0n) is 14.2. The second-order valence-electron chi connectivity index (χ2n) is 5.77. The Labute approximate surface area is 156 Å². The Balaban J connectivity index is 1.79. The molecule has 0 unspecified atom stereocenters. The maximum atomic E-state index is 14.0. The first-order valence-corrected chi connectivity index (χ1v) is 8.08. The van der Waals surface area contributed by atoms with Crippen molar-refractivity contribution in [3.05, 3.63) is 54.0 Å². The summed E-state index contributed by atoms with van der Waals surface area (Å²) in [5, 5.41) is 23.5. The van der Waals surface area contributed by atoms with Crippen LogP contribution in [0.25, 0.3) is 22.6 Å². The molecule has 0 aliphatic heterocycles. The molecule has 4 aromatic rings. The largest absolute Gasteiger partial charge is 0.465 e. The molecule has 1 aromatic carbocycles. The number of benzene rings is 1. The van der Waals surface area contributed by atoms with Gasteiger partial charge in [0.25, 0.3) is 0 Å². The van der Waals surface area contributed by atoms with E-state index in [1.807, 2.05) is 5.32 Å². The van der Waals surface area contributed by atoms with Gasteiger partial charge in [-0.15, -0.1) is 10.2 Å². The molecule has 4 rings (SSSR count). The van der Waals surface area contributed by atoms with E-state index in [-0.39, 0.29) is 29.8 Å². The monoisotopic (exact) mass is 380 g/mol. The number of carboxylic acid groups (broad SMARTS) is 1. The summed E-state index contributed by atoms with van der Waals surface area (Å²) in [4.78, 5) is 19.1. The number of pyridine rings is 1. The van der Waals surface area contributed by atoms with Crippen molar-refractivity contribution in [2.24, 2.45) is 0 Å². The second kappa shape index (κ2) is 6.87. The third-order valence-electron chi connectivity index (χ3n) is 3.94. The molecule has 0 aliphatic carbocycles. The zero-order valence-corrected chi connectivity index (χ0v) is 14.2. The van der Waals surface area contributed by atoms with Crippen molar-refractivity contribution < 1.29 is 14.3 Å². The van der Waals surface area contributed by atoms with E-state index in [9.17, 15) is 9.18 Å². The third kappa shape index (κ3) is 3.16. The number of nitrogen functional groups attached to an aromatic ring is 1. The van der Waals surface area contributed by atoms with Gasteiger partial charge in [0.1, 0.15) is 11.5 Å². The van der Waals surface area contributed by atoms with Gasteiger partial charge in [0, 0.05) is 11.8 Å². The topological polar surface area (TPSA) is 145 Å². The number of anilines is 2. The fraction of sp³-hybridized carbons (Fsp3) is 0.0588. The number of hydrogen-bond acceptors (Lipinski definition) is 7. The number of nitrogens with zero attached hydrogens (tertiary/aromatic N) is 6. The minimum Gasteiger partial charge on any atom is -0.465 e. The fourth-order valence-electron chi connectivity index (χ4n) is 2.70. The maximum absolute atomic E-state index is 14.0. The molecule has 140 valence electrons. The van der Waals surface area contributed by atoms with E-state index in [0.717, 1.165) is 0 Å². The predicted molar refractivity (Wildman–Crippen MR) is 97.9 cm³/mol. The number of rotatable bonds is 4.